The molecular weight excluding hydrogens is 360 g/mol. The van der Waals surface area contributed by atoms with Gasteiger partial charge in [0.15, 0.2) is 0 Å². The van der Waals surface area contributed by atoms with Gasteiger partial charge in [0.25, 0.3) is 11.6 Å². The highest BCUT2D eigenvalue weighted by Crippen LogP contribution is 2.31. The Bertz CT molecular complexity index is 834. The van der Waals surface area contributed by atoms with E-state index in [0.29, 0.717) is 16.4 Å². The Kier molecular flexibility index (Phi) is 7.42. The summed E-state index contributed by atoms with van der Waals surface area (Å²) in [6, 6.07) is 10.6. The number of thioether (sulfide) groups is 1. The quantitative estimate of drug-likeness (QED) is 0.350. The molecule has 0 atom stereocenters. The van der Waals surface area contributed by atoms with Crippen LogP contribution in [0.15, 0.2) is 41.3 Å². The first-order valence-corrected chi connectivity index (χ1v) is 10.1. The second kappa shape index (κ2) is 9.55. The van der Waals surface area contributed by atoms with Gasteiger partial charge in [0, 0.05) is 17.3 Å². The lowest BCUT2D eigenvalue weighted by Crippen LogP contribution is -2.14. The molecule has 6 heteroatoms. The minimum absolute atomic E-state index is 0.0168. The van der Waals surface area contributed by atoms with Crippen LogP contribution < -0.4 is 5.32 Å². The van der Waals surface area contributed by atoms with Gasteiger partial charge in [-0.2, -0.15) is 0 Å². The number of hydrogen-bond acceptors (Lipinski definition) is 4. The van der Waals surface area contributed by atoms with Gasteiger partial charge in [0.2, 0.25) is 0 Å². The topological polar surface area (TPSA) is 72.2 Å². The number of carbonyl (C=O) groups excluding carboxylic acids is 1. The molecule has 0 saturated heterocycles. The van der Waals surface area contributed by atoms with Gasteiger partial charge in [-0.15, -0.1) is 11.8 Å². The summed E-state index contributed by atoms with van der Waals surface area (Å²) in [5.41, 5.74) is 3.07. The smallest absolute Gasteiger partial charge is 0.283 e. The normalized spacial score (nSPS) is 10.9. The van der Waals surface area contributed by atoms with E-state index in [1.54, 1.807) is 12.1 Å². The fourth-order valence-electron chi connectivity index (χ4n) is 2.72. The largest absolute Gasteiger partial charge is 0.321 e. The highest BCUT2D eigenvalue weighted by Gasteiger charge is 2.19. The number of nitrogens with zero attached hydrogens (tertiary/aromatic N) is 1. The van der Waals surface area contributed by atoms with E-state index in [0.717, 1.165) is 35.4 Å². The summed E-state index contributed by atoms with van der Waals surface area (Å²) in [7, 11) is 0. The number of aryl methyl sites for hydroxylation is 2. The zero-order chi connectivity index (χ0) is 20.0. The minimum Gasteiger partial charge on any atom is -0.321 e. The van der Waals surface area contributed by atoms with Crippen LogP contribution >= 0.6 is 11.8 Å². The molecule has 0 heterocycles. The lowest BCUT2D eigenvalue weighted by Gasteiger charge is -2.13. The van der Waals surface area contributed by atoms with Gasteiger partial charge in [0.05, 0.1) is 9.82 Å². The van der Waals surface area contributed by atoms with Crippen LogP contribution in [0.4, 0.5) is 11.4 Å². The molecule has 5 nitrogen and oxygen atoms in total. The molecule has 0 aliphatic heterocycles. The maximum absolute atomic E-state index is 12.7. The lowest BCUT2D eigenvalue weighted by atomic mass is 10.1. The van der Waals surface area contributed by atoms with Crippen LogP contribution in [-0.4, -0.2) is 16.6 Å². The Morgan fingerprint density at radius 3 is 2.63 bits per heavy atom. The second-order valence-corrected chi connectivity index (χ2v) is 8.02. The summed E-state index contributed by atoms with van der Waals surface area (Å²) in [6.45, 7) is 8.21. The monoisotopic (exact) mass is 386 g/mol. The van der Waals surface area contributed by atoms with Gasteiger partial charge in [-0.05, 0) is 54.7 Å². The third kappa shape index (κ3) is 5.57. The lowest BCUT2D eigenvalue weighted by molar-refractivity contribution is -0.387. The Hall–Kier alpha value is -2.34. The number of amides is 1. The third-order valence-corrected chi connectivity index (χ3v) is 5.45. The zero-order valence-corrected chi connectivity index (χ0v) is 17.1. The molecule has 0 unspecified atom stereocenters. The molecular formula is C21H26N2O3S. The molecule has 0 bridgehead atoms. The van der Waals surface area contributed by atoms with Crippen molar-refractivity contribution in [1.29, 1.82) is 0 Å². The molecule has 144 valence electrons. The van der Waals surface area contributed by atoms with Crippen LogP contribution in [0.5, 0.6) is 0 Å². The van der Waals surface area contributed by atoms with Crippen molar-refractivity contribution in [3.05, 3.63) is 63.2 Å². The van der Waals surface area contributed by atoms with Crippen molar-refractivity contribution in [2.75, 3.05) is 11.1 Å². The molecule has 2 aromatic carbocycles. The summed E-state index contributed by atoms with van der Waals surface area (Å²) >= 11 is 1.46. The van der Waals surface area contributed by atoms with Crippen LogP contribution in [0.3, 0.4) is 0 Å². The Morgan fingerprint density at radius 1 is 1.26 bits per heavy atom. The number of hydrogen-bond donors (Lipinski definition) is 1. The SMILES string of the molecule is CCc1cccc(C)c1NC(=O)c1ccc(SCCC(C)C)c([N+](=O)[O-])c1. The highest BCUT2D eigenvalue weighted by atomic mass is 32.2. The van der Waals surface area contributed by atoms with E-state index in [1.807, 2.05) is 32.0 Å². The molecule has 0 fully saturated rings. The van der Waals surface area contributed by atoms with Crippen molar-refractivity contribution in [3.8, 4) is 0 Å². The average Bonchev–Trinajstić information content (AvgIpc) is 2.63. The number of anilines is 1. The maximum atomic E-state index is 12.7. The number of nitrogens with one attached hydrogen (secondary N) is 1. The van der Waals surface area contributed by atoms with E-state index >= 15 is 0 Å². The van der Waals surface area contributed by atoms with Crippen molar-refractivity contribution in [2.24, 2.45) is 5.92 Å². The molecule has 2 aromatic rings. The van der Waals surface area contributed by atoms with Crippen LogP contribution in [0.1, 0.15) is 48.7 Å². The predicted molar refractivity (Wildman–Crippen MR) is 112 cm³/mol. The van der Waals surface area contributed by atoms with Crippen molar-refractivity contribution in [2.45, 2.75) is 45.4 Å². The first-order chi connectivity index (χ1) is 12.8. The van der Waals surface area contributed by atoms with Gasteiger partial charge in [0.1, 0.15) is 0 Å². The minimum atomic E-state index is -0.417. The van der Waals surface area contributed by atoms with Crippen LogP contribution in [0.2, 0.25) is 0 Å². The molecule has 0 radical (unpaired) electrons. The standard InChI is InChI=1S/C21H26N2O3S/c1-5-16-8-6-7-15(4)20(16)22-21(24)17-9-10-19(18(13-17)23(25)26)27-12-11-14(2)3/h6-10,13-14H,5,11-12H2,1-4H3,(H,22,24). The average molecular weight is 387 g/mol. The van der Waals surface area contributed by atoms with Gasteiger partial charge < -0.3 is 5.32 Å². The fourth-order valence-corrected chi connectivity index (χ4v) is 3.97. The number of rotatable bonds is 8. The van der Waals surface area contributed by atoms with E-state index in [4.69, 9.17) is 0 Å². The van der Waals surface area contributed by atoms with Crippen LogP contribution in [0.25, 0.3) is 0 Å². The Labute approximate surface area is 164 Å². The number of nitro groups is 1. The van der Waals surface area contributed by atoms with Gasteiger partial charge in [-0.3, -0.25) is 14.9 Å². The summed E-state index contributed by atoms with van der Waals surface area (Å²) in [5.74, 6) is 1.02. The first-order valence-electron chi connectivity index (χ1n) is 9.14. The highest BCUT2D eigenvalue weighted by molar-refractivity contribution is 7.99. The van der Waals surface area contributed by atoms with Crippen molar-refractivity contribution in [1.82, 2.24) is 0 Å². The van der Waals surface area contributed by atoms with Gasteiger partial charge >= 0.3 is 0 Å². The Balaban J connectivity index is 2.24. The van der Waals surface area contributed by atoms with Gasteiger partial charge in [-0.1, -0.05) is 39.0 Å². The zero-order valence-electron chi connectivity index (χ0n) is 16.2. The van der Waals surface area contributed by atoms with Gasteiger partial charge in [-0.25, -0.2) is 0 Å². The van der Waals surface area contributed by atoms with Crippen molar-refractivity contribution < 1.29 is 9.72 Å². The molecule has 1 N–H and O–H groups in total. The molecule has 0 aliphatic carbocycles. The number of para-hydroxylation sites is 1. The molecule has 2 rings (SSSR count). The number of nitro benzene ring substituents is 1. The fraction of sp³-hybridized carbons (Fsp3) is 0.381. The molecule has 0 aliphatic rings. The summed E-state index contributed by atoms with van der Waals surface area (Å²) in [6.07, 6.45) is 1.78. The van der Waals surface area contributed by atoms with E-state index in [1.165, 1.54) is 17.8 Å². The molecule has 1 amide bonds. The summed E-state index contributed by atoms with van der Waals surface area (Å²) < 4.78 is 0. The van der Waals surface area contributed by atoms with Crippen molar-refractivity contribution >= 4 is 29.0 Å². The van der Waals surface area contributed by atoms with E-state index in [-0.39, 0.29) is 11.6 Å². The molecule has 0 saturated carbocycles. The molecule has 27 heavy (non-hydrogen) atoms. The van der Waals surface area contributed by atoms with E-state index in [2.05, 4.69) is 19.2 Å². The van der Waals surface area contributed by atoms with E-state index in [9.17, 15) is 14.9 Å². The predicted octanol–water partition coefficient (Wildman–Crippen LogP) is 5.86. The van der Waals surface area contributed by atoms with Crippen molar-refractivity contribution in [3.63, 3.8) is 0 Å². The van der Waals surface area contributed by atoms with Crippen LogP contribution in [-0.2, 0) is 6.42 Å². The third-order valence-electron chi connectivity index (χ3n) is 4.35. The summed E-state index contributed by atoms with van der Waals surface area (Å²) in [4.78, 5) is 24.3. The first kappa shape index (κ1) is 21.0. The van der Waals surface area contributed by atoms with E-state index < -0.39 is 4.92 Å². The number of benzene rings is 2. The summed E-state index contributed by atoms with van der Waals surface area (Å²) in [5, 5.41) is 14.4. The second-order valence-electron chi connectivity index (χ2n) is 6.89. The van der Waals surface area contributed by atoms with Crippen LogP contribution in [0, 0.1) is 23.0 Å². The maximum Gasteiger partial charge on any atom is 0.283 e. The molecule has 0 aromatic heterocycles. The Morgan fingerprint density at radius 2 is 2.00 bits per heavy atom. The number of carbonyl (C=O) groups is 1. The molecule has 0 spiro atoms.